The summed E-state index contributed by atoms with van der Waals surface area (Å²) in [4.78, 5) is 18.2. The summed E-state index contributed by atoms with van der Waals surface area (Å²) in [7, 11) is -2.11. The zero-order valence-electron chi connectivity index (χ0n) is 20.9. The molecule has 5 nitrogen and oxygen atoms in total. The van der Waals surface area contributed by atoms with Crippen molar-refractivity contribution in [1.82, 2.24) is 9.55 Å². The van der Waals surface area contributed by atoms with Crippen molar-refractivity contribution >= 4 is 14.3 Å². The van der Waals surface area contributed by atoms with Crippen LogP contribution >= 0.6 is 0 Å². The first-order valence-electron chi connectivity index (χ1n) is 11.6. The van der Waals surface area contributed by atoms with E-state index in [1.54, 1.807) is 0 Å². The molecule has 0 fully saturated rings. The summed E-state index contributed by atoms with van der Waals surface area (Å²) in [6.07, 6.45) is 3.82. The molecular weight excluding hydrogens is 416 g/mol. The first kappa shape index (κ1) is 26.1. The van der Waals surface area contributed by atoms with Crippen LogP contribution < -0.4 is 0 Å². The first-order chi connectivity index (χ1) is 15.1. The number of carbonyl (C=O) groups excluding carboxylic acids is 1. The van der Waals surface area contributed by atoms with Crippen LogP contribution in [-0.4, -0.2) is 30.4 Å². The summed E-state index contributed by atoms with van der Waals surface area (Å²) < 4.78 is 14.3. The van der Waals surface area contributed by atoms with E-state index in [0.717, 1.165) is 24.2 Å². The fourth-order valence-electron chi connectivity index (χ4n) is 3.41. The fourth-order valence-corrected chi connectivity index (χ4v) is 4.68. The number of rotatable bonds is 11. The van der Waals surface area contributed by atoms with Gasteiger partial charge >= 0.3 is 5.97 Å². The summed E-state index contributed by atoms with van der Waals surface area (Å²) in [6.45, 7) is 19.9. The van der Waals surface area contributed by atoms with Crippen LogP contribution in [0.4, 0.5) is 0 Å². The average molecular weight is 457 g/mol. The summed E-state index contributed by atoms with van der Waals surface area (Å²) in [6, 6.07) is 10.2. The minimum atomic E-state index is -2.11. The Balaban J connectivity index is 2.65. The van der Waals surface area contributed by atoms with E-state index in [2.05, 4.69) is 59.5 Å². The van der Waals surface area contributed by atoms with E-state index in [1.165, 1.54) is 0 Å². The highest BCUT2D eigenvalue weighted by Crippen LogP contribution is 2.41. The SMILES string of the molecule is C=CCC(O[Si](C)(C)C(C)(C)C)c1nc(CCC)n(Cc2ccccc2)c1C(=O)OCC. The van der Waals surface area contributed by atoms with Crippen LogP contribution in [0.15, 0.2) is 43.0 Å². The standard InChI is InChI=1S/C26H40N2O3Si/c1-9-15-21(31-32(7,8)26(4,5)6)23-24(25(29)30-11-3)28(22(27-23)16-10-2)19-20-17-13-12-14-18-20/h9,12-14,17-18,21H,1,10-11,15-16,19H2,2-8H3. The molecule has 1 atom stereocenters. The van der Waals surface area contributed by atoms with Crippen LogP contribution in [-0.2, 0) is 22.1 Å². The van der Waals surface area contributed by atoms with Crippen LogP contribution in [0.1, 0.15) is 81.1 Å². The van der Waals surface area contributed by atoms with Gasteiger partial charge in [0.1, 0.15) is 11.5 Å². The van der Waals surface area contributed by atoms with E-state index in [1.807, 2.05) is 35.8 Å². The summed E-state index contributed by atoms with van der Waals surface area (Å²) in [5.41, 5.74) is 2.29. The Kier molecular flexibility index (Phi) is 9.05. The minimum absolute atomic E-state index is 0.0371. The number of hydrogen-bond donors (Lipinski definition) is 0. The van der Waals surface area contributed by atoms with Crippen LogP contribution in [0.5, 0.6) is 0 Å². The second kappa shape index (κ2) is 11.1. The molecule has 0 aliphatic carbocycles. The number of nitrogens with zero attached hydrogens (tertiary/aromatic N) is 2. The molecule has 1 unspecified atom stereocenters. The molecule has 0 aliphatic heterocycles. The molecular formula is C26H40N2O3Si. The lowest BCUT2D eigenvalue weighted by Crippen LogP contribution is -2.42. The third-order valence-corrected chi connectivity index (χ3v) is 10.6. The zero-order valence-corrected chi connectivity index (χ0v) is 21.9. The van der Waals surface area contributed by atoms with Crippen molar-refractivity contribution in [3.05, 3.63) is 65.8 Å². The average Bonchev–Trinajstić information content (AvgIpc) is 3.06. The minimum Gasteiger partial charge on any atom is -0.461 e. The van der Waals surface area contributed by atoms with Crippen molar-refractivity contribution in [2.24, 2.45) is 0 Å². The molecule has 1 aromatic carbocycles. The highest BCUT2D eigenvalue weighted by atomic mass is 28.4. The number of ether oxygens (including phenoxy) is 1. The number of benzene rings is 1. The first-order valence-corrected chi connectivity index (χ1v) is 14.6. The van der Waals surface area contributed by atoms with Crippen molar-refractivity contribution in [3.8, 4) is 0 Å². The Hall–Kier alpha value is -2.18. The van der Waals surface area contributed by atoms with Gasteiger partial charge in [0, 0.05) is 13.0 Å². The van der Waals surface area contributed by atoms with Gasteiger partial charge in [0.2, 0.25) is 0 Å². The Morgan fingerprint density at radius 1 is 1.22 bits per heavy atom. The van der Waals surface area contributed by atoms with Gasteiger partial charge in [0.15, 0.2) is 14.0 Å². The van der Waals surface area contributed by atoms with Gasteiger partial charge in [0.25, 0.3) is 0 Å². The second-order valence-electron chi connectivity index (χ2n) is 9.70. The van der Waals surface area contributed by atoms with Crippen molar-refractivity contribution in [2.45, 2.75) is 84.7 Å². The van der Waals surface area contributed by atoms with Gasteiger partial charge in [-0.2, -0.15) is 0 Å². The predicted molar refractivity (Wildman–Crippen MR) is 134 cm³/mol. The zero-order chi connectivity index (χ0) is 23.9. The maximum Gasteiger partial charge on any atom is 0.357 e. The Bertz CT molecular complexity index is 898. The van der Waals surface area contributed by atoms with Crippen molar-refractivity contribution in [1.29, 1.82) is 0 Å². The quantitative estimate of drug-likeness (QED) is 0.214. The van der Waals surface area contributed by atoms with E-state index in [9.17, 15) is 4.79 Å². The number of aryl methyl sites for hydroxylation is 1. The van der Waals surface area contributed by atoms with Crippen LogP contribution in [0.2, 0.25) is 18.1 Å². The molecule has 2 aromatic rings. The van der Waals surface area contributed by atoms with Gasteiger partial charge in [-0.05, 0) is 43.5 Å². The Morgan fingerprint density at radius 2 is 1.88 bits per heavy atom. The number of imidazole rings is 1. The van der Waals surface area contributed by atoms with E-state index in [4.69, 9.17) is 14.1 Å². The molecule has 0 spiro atoms. The summed E-state index contributed by atoms with van der Waals surface area (Å²) in [5.74, 6) is 0.545. The van der Waals surface area contributed by atoms with Gasteiger partial charge in [-0.25, -0.2) is 9.78 Å². The monoisotopic (exact) mass is 456 g/mol. The molecule has 1 aromatic heterocycles. The van der Waals surface area contributed by atoms with Crippen molar-refractivity contribution < 1.29 is 14.0 Å². The topological polar surface area (TPSA) is 53.4 Å². The molecule has 0 bridgehead atoms. The van der Waals surface area contributed by atoms with Gasteiger partial charge in [-0.1, -0.05) is 64.1 Å². The lowest BCUT2D eigenvalue weighted by atomic mass is 10.1. The van der Waals surface area contributed by atoms with E-state index >= 15 is 0 Å². The van der Waals surface area contributed by atoms with E-state index in [-0.39, 0.29) is 17.1 Å². The summed E-state index contributed by atoms with van der Waals surface area (Å²) in [5, 5.41) is 0.0371. The highest BCUT2D eigenvalue weighted by molar-refractivity contribution is 6.74. The molecule has 0 aliphatic rings. The molecule has 0 saturated carbocycles. The van der Waals surface area contributed by atoms with Gasteiger partial charge in [-0.15, -0.1) is 6.58 Å². The smallest absolute Gasteiger partial charge is 0.357 e. The normalized spacial score (nSPS) is 13.1. The molecule has 0 N–H and O–H groups in total. The van der Waals surface area contributed by atoms with Gasteiger partial charge in [-0.3, -0.25) is 0 Å². The molecule has 0 saturated heterocycles. The highest BCUT2D eigenvalue weighted by Gasteiger charge is 2.41. The maximum atomic E-state index is 13.2. The van der Waals surface area contributed by atoms with Crippen molar-refractivity contribution in [2.75, 3.05) is 6.61 Å². The maximum absolute atomic E-state index is 13.2. The molecule has 0 amide bonds. The number of carbonyl (C=O) groups is 1. The van der Waals surface area contributed by atoms with Crippen LogP contribution in [0, 0.1) is 0 Å². The van der Waals surface area contributed by atoms with E-state index in [0.29, 0.717) is 31.0 Å². The van der Waals surface area contributed by atoms with Crippen LogP contribution in [0.3, 0.4) is 0 Å². The molecule has 1 heterocycles. The fraction of sp³-hybridized carbons (Fsp3) is 0.538. The molecule has 2 rings (SSSR count). The lowest BCUT2D eigenvalue weighted by molar-refractivity contribution is 0.0506. The summed E-state index contributed by atoms with van der Waals surface area (Å²) >= 11 is 0. The van der Waals surface area contributed by atoms with E-state index < -0.39 is 8.32 Å². The number of hydrogen-bond acceptors (Lipinski definition) is 4. The largest absolute Gasteiger partial charge is 0.461 e. The number of esters is 1. The Labute approximate surface area is 195 Å². The van der Waals surface area contributed by atoms with Crippen molar-refractivity contribution in [3.63, 3.8) is 0 Å². The molecule has 0 radical (unpaired) electrons. The Morgan fingerprint density at radius 3 is 2.41 bits per heavy atom. The molecule has 6 heteroatoms. The lowest BCUT2D eigenvalue weighted by Gasteiger charge is -2.39. The van der Waals surface area contributed by atoms with Gasteiger partial charge in [0.05, 0.1) is 12.7 Å². The molecule has 32 heavy (non-hydrogen) atoms. The third-order valence-electron chi connectivity index (χ3n) is 6.13. The third kappa shape index (κ3) is 6.20. The van der Waals surface area contributed by atoms with Crippen LogP contribution in [0.25, 0.3) is 0 Å². The second-order valence-corrected chi connectivity index (χ2v) is 14.5. The predicted octanol–water partition coefficient (Wildman–Crippen LogP) is 6.70. The molecule has 176 valence electrons. The number of aromatic nitrogens is 2. The van der Waals surface area contributed by atoms with Gasteiger partial charge < -0.3 is 13.7 Å².